The zero-order valence-corrected chi connectivity index (χ0v) is 12.9. The number of pyridine rings is 1. The molecule has 0 aliphatic carbocycles. The van der Waals surface area contributed by atoms with E-state index < -0.39 is 6.61 Å². The van der Waals surface area contributed by atoms with Gasteiger partial charge in [0.15, 0.2) is 0 Å². The molecule has 0 aliphatic rings. The third-order valence-corrected chi connectivity index (χ3v) is 3.59. The van der Waals surface area contributed by atoms with E-state index in [2.05, 4.69) is 15.0 Å². The number of para-hydroxylation sites is 1. The molecule has 3 aromatic rings. The number of aromatic nitrogens is 1. The Labute approximate surface area is 141 Å². The second-order valence-electron chi connectivity index (χ2n) is 4.85. The molecular formula is C17H11ClF2N2O2. The van der Waals surface area contributed by atoms with Crippen molar-refractivity contribution in [3.05, 3.63) is 65.3 Å². The second kappa shape index (κ2) is 6.80. The summed E-state index contributed by atoms with van der Waals surface area (Å²) in [7, 11) is 0. The van der Waals surface area contributed by atoms with Gasteiger partial charge in [-0.3, -0.25) is 9.78 Å². The Morgan fingerprint density at radius 3 is 2.71 bits per heavy atom. The Bertz CT molecular complexity index is 897. The molecule has 1 amide bonds. The smallest absolute Gasteiger partial charge is 0.387 e. The number of carbonyl (C=O) groups excluding carboxylic acids is 1. The predicted molar refractivity (Wildman–Crippen MR) is 87.8 cm³/mol. The molecule has 0 unspecified atom stereocenters. The number of hydrogen-bond acceptors (Lipinski definition) is 3. The van der Waals surface area contributed by atoms with Gasteiger partial charge in [-0.15, -0.1) is 0 Å². The summed E-state index contributed by atoms with van der Waals surface area (Å²) in [4.78, 5) is 16.7. The van der Waals surface area contributed by atoms with E-state index in [4.69, 9.17) is 11.6 Å². The summed E-state index contributed by atoms with van der Waals surface area (Å²) in [6, 6.07) is 12.9. The molecule has 0 bridgehead atoms. The van der Waals surface area contributed by atoms with Crippen LogP contribution in [-0.4, -0.2) is 17.5 Å². The van der Waals surface area contributed by atoms with Gasteiger partial charge >= 0.3 is 6.61 Å². The fourth-order valence-electron chi connectivity index (χ4n) is 2.26. The predicted octanol–water partition coefficient (Wildman–Crippen LogP) is 4.74. The topological polar surface area (TPSA) is 51.2 Å². The summed E-state index contributed by atoms with van der Waals surface area (Å²) in [6.45, 7) is -2.97. The SMILES string of the molecule is O=C(Nc1ccc(OC(F)F)c(Cl)c1)c1ccnc2ccccc12. The van der Waals surface area contributed by atoms with Crippen LogP contribution in [0.25, 0.3) is 10.9 Å². The molecule has 0 aliphatic heterocycles. The lowest BCUT2D eigenvalue weighted by Crippen LogP contribution is -2.12. The first-order valence-electron chi connectivity index (χ1n) is 6.94. The number of carbonyl (C=O) groups is 1. The first-order chi connectivity index (χ1) is 11.5. The van der Waals surface area contributed by atoms with Crippen molar-refractivity contribution in [1.82, 2.24) is 4.98 Å². The van der Waals surface area contributed by atoms with Crippen molar-refractivity contribution in [3.63, 3.8) is 0 Å². The van der Waals surface area contributed by atoms with Crippen LogP contribution in [0.4, 0.5) is 14.5 Å². The summed E-state index contributed by atoms with van der Waals surface area (Å²) >= 11 is 5.88. The number of ether oxygens (including phenoxy) is 1. The minimum Gasteiger partial charge on any atom is -0.433 e. The molecule has 0 saturated carbocycles. The molecule has 0 atom stereocenters. The van der Waals surface area contributed by atoms with Gasteiger partial charge in [0.1, 0.15) is 5.75 Å². The van der Waals surface area contributed by atoms with Gasteiger partial charge in [0.2, 0.25) is 0 Å². The van der Waals surface area contributed by atoms with Crippen molar-refractivity contribution in [2.75, 3.05) is 5.32 Å². The van der Waals surface area contributed by atoms with E-state index >= 15 is 0 Å². The highest BCUT2D eigenvalue weighted by Gasteiger charge is 2.13. The minimum absolute atomic E-state index is 0.0207. The van der Waals surface area contributed by atoms with Gasteiger partial charge in [0.05, 0.1) is 16.1 Å². The zero-order chi connectivity index (χ0) is 17.1. The maximum Gasteiger partial charge on any atom is 0.387 e. The first kappa shape index (κ1) is 16.1. The number of fused-ring (bicyclic) bond motifs is 1. The van der Waals surface area contributed by atoms with Crippen molar-refractivity contribution < 1.29 is 18.3 Å². The highest BCUT2D eigenvalue weighted by molar-refractivity contribution is 6.32. The highest BCUT2D eigenvalue weighted by atomic mass is 35.5. The molecule has 7 heteroatoms. The molecule has 0 radical (unpaired) electrons. The molecule has 2 aromatic carbocycles. The average Bonchev–Trinajstić information content (AvgIpc) is 2.56. The number of nitrogens with zero attached hydrogens (tertiary/aromatic N) is 1. The lowest BCUT2D eigenvalue weighted by Gasteiger charge is -2.10. The van der Waals surface area contributed by atoms with E-state index in [0.717, 1.165) is 0 Å². The Morgan fingerprint density at radius 1 is 1.17 bits per heavy atom. The molecule has 1 heterocycles. The van der Waals surface area contributed by atoms with Crippen LogP contribution in [0.2, 0.25) is 5.02 Å². The number of nitrogens with one attached hydrogen (secondary N) is 1. The molecular weight excluding hydrogens is 338 g/mol. The number of alkyl halides is 2. The monoisotopic (exact) mass is 348 g/mol. The standard InChI is InChI=1S/C17H11ClF2N2O2/c18-13-9-10(5-6-15(13)24-17(19)20)22-16(23)12-7-8-21-14-4-2-1-3-11(12)14/h1-9,17H,(H,22,23). The van der Waals surface area contributed by atoms with Gasteiger partial charge in [-0.2, -0.15) is 8.78 Å². The highest BCUT2D eigenvalue weighted by Crippen LogP contribution is 2.29. The number of rotatable bonds is 4. The van der Waals surface area contributed by atoms with Crippen LogP contribution in [0.3, 0.4) is 0 Å². The van der Waals surface area contributed by atoms with Crippen LogP contribution >= 0.6 is 11.6 Å². The van der Waals surface area contributed by atoms with Crippen LogP contribution in [0.1, 0.15) is 10.4 Å². The summed E-state index contributed by atoms with van der Waals surface area (Å²) < 4.78 is 28.7. The average molecular weight is 349 g/mol. The van der Waals surface area contributed by atoms with E-state index in [-0.39, 0.29) is 16.7 Å². The summed E-state index contributed by atoms with van der Waals surface area (Å²) in [5.74, 6) is -0.508. The Balaban J connectivity index is 1.85. The molecule has 3 rings (SSSR count). The van der Waals surface area contributed by atoms with Crippen molar-refractivity contribution in [2.24, 2.45) is 0 Å². The number of amides is 1. The number of halogens is 3. The van der Waals surface area contributed by atoms with Crippen LogP contribution in [-0.2, 0) is 0 Å². The fraction of sp³-hybridized carbons (Fsp3) is 0.0588. The second-order valence-corrected chi connectivity index (χ2v) is 5.26. The van der Waals surface area contributed by atoms with Gasteiger partial charge in [0, 0.05) is 17.3 Å². The maximum absolute atomic E-state index is 12.5. The van der Waals surface area contributed by atoms with Crippen molar-refractivity contribution in [2.45, 2.75) is 6.61 Å². The summed E-state index contributed by atoms with van der Waals surface area (Å²) in [5.41, 5.74) is 1.51. The fourth-order valence-corrected chi connectivity index (χ4v) is 2.49. The number of anilines is 1. The normalized spacial score (nSPS) is 10.8. The number of hydrogen-bond donors (Lipinski definition) is 1. The van der Waals surface area contributed by atoms with E-state index in [1.165, 1.54) is 18.2 Å². The van der Waals surface area contributed by atoms with Gasteiger partial charge < -0.3 is 10.1 Å². The van der Waals surface area contributed by atoms with E-state index in [1.54, 1.807) is 24.4 Å². The molecule has 0 fully saturated rings. The first-order valence-corrected chi connectivity index (χ1v) is 7.32. The third kappa shape index (κ3) is 3.44. The largest absolute Gasteiger partial charge is 0.433 e. The van der Waals surface area contributed by atoms with Crippen LogP contribution in [0.5, 0.6) is 5.75 Å². The molecule has 1 aromatic heterocycles. The van der Waals surface area contributed by atoms with Crippen LogP contribution in [0.15, 0.2) is 54.7 Å². The Hall–Kier alpha value is -2.73. The van der Waals surface area contributed by atoms with E-state index in [1.807, 2.05) is 12.1 Å². The van der Waals surface area contributed by atoms with Crippen molar-refractivity contribution in [3.8, 4) is 5.75 Å². The lowest BCUT2D eigenvalue weighted by atomic mass is 10.1. The van der Waals surface area contributed by atoms with Gasteiger partial charge in [0.25, 0.3) is 5.91 Å². The lowest BCUT2D eigenvalue weighted by molar-refractivity contribution is -0.0497. The van der Waals surface area contributed by atoms with Crippen molar-refractivity contribution >= 4 is 34.1 Å². The molecule has 1 N–H and O–H groups in total. The van der Waals surface area contributed by atoms with Crippen molar-refractivity contribution in [1.29, 1.82) is 0 Å². The third-order valence-electron chi connectivity index (χ3n) is 3.30. The molecule has 0 saturated heterocycles. The molecule has 122 valence electrons. The minimum atomic E-state index is -2.97. The Kier molecular flexibility index (Phi) is 4.57. The van der Waals surface area contributed by atoms with E-state index in [9.17, 15) is 13.6 Å². The number of benzene rings is 2. The molecule has 4 nitrogen and oxygen atoms in total. The van der Waals surface area contributed by atoms with Gasteiger partial charge in [-0.05, 0) is 30.3 Å². The van der Waals surface area contributed by atoms with Gasteiger partial charge in [-0.1, -0.05) is 29.8 Å². The van der Waals surface area contributed by atoms with E-state index in [0.29, 0.717) is 22.2 Å². The van der Waals surface area contributed by atoms with Gasteiger partial charge in [-0.25, -0.2) is 0 Å². The maximum atomic E-state index is 12.5. The van der Waals surface area contributed by atoms with Crippen LogP contribution < -0.4 is 10.1 Å². The van der Waals surface area contributed by atoms with Crippen LogP contribution in [0, 0.1) is 0 Å². The molecule has 0 spiro atoms. The molecule has 24 heavy (non-hydrogen) atoms. The summed E-state index contributed by atoms with van der Waals surface area (Å²) in [6.07, 6.45) is 1.55. The zero-order valence-electron chi connectivity index (χ0n) is 12.2. The Morgan fingerprint density at radius 2 is 1.96 bits per heavy atom. The summed E-state index contributed by atoms with van der Waals surface area (Å²) in [5, 5.41) is 3.37. The quantitative estimate of drug-likeness (QED) is 0.740.